The molecule has 2 aromatic rings. The third kappa shape index (κ3) is 8.06. The highest BCUT2D eigenvalue weighted by molar-refractivity contribution is 7.92. The summed E-state index contributed by atoms with van der Waals surface area (Å²) in [5.74, 6) is -1.56. The van der Waals surface area contributed by atoms with Gasteiger partial charge >= 0.3 is 0 Å². The van der Waals surface area contributed by atoms with E-state index in [0.29, 0.717) is 22.0 Å². The largest absolute Gasteiger partial charge is 0.352 e. The molecule has 2 aromatic carbocycles. The number of carbonyl (C=O) groups excluding carboxylic acids is 2. The van der Waals surface area contributed by atoms with Crippen molar-refractivity contribution < 1.29 is 22.4 Å². The Morgan fingerprint density at radius 2 is 1.81 bits per heavy atom. The lowest BCUT2D eigenvalue weighted by atomic mass is 9.95. The number of benzene rings is 2. The molecule has 1 saturated carbocycles. The van der Waals surface area contributed by atoms with Crippen LogP contribution in [0.5, 0.6) is 0 Å². The number of halogens is 3. The quantitative estimate of drug-likeness (QED) is 0.427. The summed E-state index contributed by atoms with van der Waals surface area (Å²) >= 11 is 12.4. The molecule has 1 unspecified atom stereocenters. The van der Waals surface area contributed by atoms with Crippen LogP contribution < -0.4 is 9.62 Å². The third-order valence-corrected chi connectivity index (χ3v) is 8.20. The van der Waals surface area contributed by atoms with Gasteiger partial charge in [0, 0.05) is 22.6 Å². The Morgan fingerprint density at radius 1 is 1.11 bits per heavy atom. The van der Waals surface area contributed by atoms with Crippen LogP contribution in [0.4, 0.5) is 10.1 Å². The van der Waals surface area contributed by atoms with E-state index in [0.717, 1.165) is 48.7 Å². The van der Waals surface area contributed by atoms with E-state index in [4.69, 9.17) is 23.2 Å². The average molecular weight is 573 g/mol. The van der Waals surface area contributed by atoms with E-state index in [1.165, 1.54) is 23.1 Å². The van der Waals surface area contributed by atoms with Gasteiger partial charge in [-0.25, -0.2) is 12.8 Å². The molecule has 0 aromatic heterocycles. The fourth-order valence-electron chi connectivity index (χ4n) is 4.54. The Bertz CT molecular complexity index is 1220. The van der Waals surface area contributed by atoms with Crippen LogP contribution in [0.15, 0.2) is 42.5 Å². The summed E-state index contributed by atoms with van der Waals surface area (Å²) in [6.07, 6.45) is 6.18. The third-order valence-electron chi connectivity index (χ3n) is 6.47. The minimum absolute atomic E-state index is 0.0139. The van der Waals surface area contributed by atoms with Gasteiger partial charge in [0.15, 0.2) is 0 Å². The molecule has 2 amide bonds. The molecule has 0 saturated heterocycles. The molecular weight excluding hydrogens is 540 g/mol. The van der Waals surface area contributed by atoms with Crippen molar-refractivity contribution in [1.29, 1.82) is 0 Å². The van der Waals surface area contributed by atoms with Gasteiger partial charge in [0.1, 0.15) is 18.4 Å². The Morgan fingerprint density at radius 3 is 2.41 bits per heavy atom. The molecule has 11 heteroatoms. The summed E-state index contributed by atoms with van der Waals surface area (Å²) < 4.78 is 39.9. The molecule has 7 nitrogen and oxygen atoms in total. The predicted octanol–water partition coefficient (Wildman–Crippen LogP) is 5.15. The fraction of sp³-hybridized carbons (Fsp3) is 0.462. The highest BCUT2D eigenvalue weighted by atomic mass is 35.5. The number of sulfonamides is 1. The number of amides is 2. The average Bonchev–Trinajstić information content (AvgIpc) is 2.83. The lowest BCUT2D eigenvalue weighted by molar-refractivity contribution is -0.140. The van der Waals surface area contributed by atoms with E-state index in [1.807, 2.05) is 0 Å². The molecule has 1 atom stereocenters. The second-order valence-electron chi connectivity index (χ2n) is 9.27. The van der Waals surface area contributed by atoms with Gasteiger partial charge in [0.2, 0.25) is 21.8 Å². The van der Waals surface area contributed by atoms with Gasteiger partial charge in [-0.3, -0.25) is 13.9 Å². The van der Waals surface area contributed by atoms with Crippen molar-refractivity contribution in [2.75, 3.05) is 17.1 Å². The van der Waals surface area contributed by atoms with E-state index in [2.05, 4.69) is 5.32 Å². The summed E-state index contributed by atoms with van der Waals surface area (Å²) in [5, 5.41) is 3.81. The monoisotopic (exact) mass is 571 g/mol. The van der Waals surface area contributed by atoms with E-state index in [9.17, 15) is 22.4 Å². The van der Waals surface area contributed by atoms with Gasteiger partial charge in [-0.2, -0.15) is 0 Å². The normalized spacial score (nSPS) is 15.2. The molecule has 3 rings (SSSR count). The number of hydrogen-bond acceptors (Lipinski definition) is 4. The Labute approximate surface area is 228 Å². The predicted molar refractivity (Wildman–Crippen MR) is 145 cm³/mol. The van der Waals surface area contributed by atoms with Gasteiger partial charge in [-0.05, 0) is 55.2 Å². The zero-order chi connectivity index (χ0) is 27.2. The molecule has 0 aliphatic heterocycles. The standard InChI is InChI=1S/C26H32Cl2FN3O4S/c1-3-24(26(34)30-21-9-5-4-6-10-21)31(16-18-12-13-19(27)14-23(18)28)25(33)17-32(37(2,35)36)22-11-7-8-20(29)15-22/h7-8,11-15,21,24H,3-6,9-10,16-17H2,1-2H3,(H,30,34). The van der Waals surface area contributed by atoms with Crippen molar-refractivity contribution in [3.8, 4) is 0 Å². The lowest BCUT2D eigenvalue weighted by Gasteiger charge is -2.34. The van der Waals surface area contributed by atoms with E-state index in [1.54, 1.807) is 25.1 Å². The van der Waals surface area contributed by atoms with Gasteiger partial charge in [-0.1, -0.05) is 61.5 Å². The smallest absolute Gasteiger partial charge is 0.244 e. The van der Waals surface area contributed by atoms with E-state index < -0.39 is 34.3 Å². The summed E-state index contributed by atoms with van der Waals surface area (Å²) in [6.45, 7) is 1.14. The van der Waals surface area contributed by atoms with Gasteiger partial charge in [-0.15, -0.1) is 0 Å². The topological polar surface area (TPSA) is 86.8 Å². The first-order valence-corrected chi connectivity index (χ1v) is 14.9. The minimum atomic E-state index is -3.95. The first kappa shape index (κ1) is 29.2. The van der Waals surface area contributed by atoms with Crippen LogP contribution in [0.2, 0.25) is 10.0 Å². The fourth-order valence-corrected chi connectivity index (χ4v) is 5.85. The first-order chi connectivity index (χ1) is 17.5. The van der Waals surface area contributed by atoms with Crippen molar-refractivity contribution in [2.45, 2.75) is 64.1 Å². The maximum absolute atomic E-state index is 13.9. The van der Waals surface area contributed by atoms with Crippen LogP contribution in [0.3, 0.4) is 0 Å². The Kier molecular flexibility index (Phi) is 10.2. The van der Waals surface area contributed by atoms with Crippen LogP contribution in [0, 0.1) is 5.82 Å². The van der Waals surface area contributed by atoms with Gasteiger partial charge in [0.05, 0.1) is 11.9 Å². The van der Waals surface area contributed by atoms with Crippen molar-refractivity contribution in [2.24, 2.45) is 0 Å². The Hall–Kier alpha value is -2.36. The van der Waals surface area contributed by atoms with Crippen molar-refractivity contribution >= 4 is 50.7 Å². The molecule has 37 heavy (non-hydrogen) atoms. The molecule has 0 heterocycles. The van der Waals surface area contributed by atoms with Gasteiger partial charge in [0.25, 0.3) is 0 Å². The first-order valence-electron chi connectivity index (χ1n) is 12.3. The Balaban J connectivity index is 1.94. The van der Waals surface area contributed by atoms with Crippen LogP contribution in [0.1, 0.15) is 51.0 Å². The summed E-state index contributed by atoms with van der Waals surface area (Å²) in [6, 6.07) is 9.00. The molecule has 0 radical (unpaired) electrons. The van der Waals surface area contributed by atoms with Crippen LogP contribution in [-0.2, 0) is 26.2 Å². The number of carbonyl (C=O) groups is 2. The summed E-state index contributed by atoms with van der Waals surface area (Å²) in [4.78, 5) is 28.4. The highest BCUT2D eigenvalue weighted by Gasteiger charge is 2.33. The van der Waals surface area contributed by atoms with Crippen LogP contribution in [0.25, 0.3) is 0 Å². The summed E-state index contributed by atoms with van der Waals surface area (Å²) in [7, 11) is -3.95. The van der Waals surface area contributed by atoms with Crippen molar-refractivity contribution in [1.82, 2.24) is 10.2 Å². The molecule has 1 fully saturated rings. The second-order valence-corrected chi connectivity index (χ2v) is 12.0. The number of hydrogen-bond donors (Lipinski definition) is 1. The summed E-state index contributed by atoms with van der Waals surface area (Å²) in [5.41, 5.74) is 0.569. The SMILES string of the molecule is CCC(C(=O)NC1CCCCC1)N(Cc1ccc(Cl)cc1Cl)C(=O)CN(c1cccc(F)c1)S(C)(=O)=O. The number of rotatable bonds is 10. The van der Waals surface area contributed by atoms with Gasteiger partial charge < -0.3 is 10.2 Å². The molecular formula is C26H32Cl2FN3O4S. The minimum Gasteiger partial charge on any atom is -0.352 e. The molecule has 0 spiro atoms. The van der Waals surface area contributed by atoms with Crippen molar-refractivity contribution in [3.63, 3.8) is 0 Å². The molecule has 1 N–H and O–H groups in total. The molecule has 202 valence electrons. The molecule has 1 aliphatic carbocycles. The zero-order valence-electron chi connectivity index (χ0n) is 20.9. The lowest BCUT2D eigenvalue weighted by Crippen LogP contribution is -2.54. The van der Waals surface area contributed by atoms with E-state index in [-0.39, 0.29) is 24.2 Å². The maximum Gasteiger partial charge on any atom is 0.244 e. The zero-order valence-corrected chi connectivity index (χ0v) is 23.3. The van der Waals surface area contributed by atoms with E-state index >= 15 is 0 Å². The molecule has 1 aliphatic rings. The van der Waals surface area contributed by atoms with Crippen LogP contribution in [-0.4, -0.2) is 50.0 Å². The number of anilines is 1. The molecule has 0 bridgehead atoms. The number of nitrogens with one attached hydrogen (secondary N) is 1. The second kappa shape index (κ2) is 12.9. The maximum atomic E-state index is 13.9. The number of nitrogens with zero attached hydrogens (tertiary/aromatic N) is 2. The highest BCUT2D eigenvalue weighted by Crippen LogP contribution is 2.25. The van der Waals surface area contributed by atoms with Crippen molar-refractivity contribution in [3.05, 3.63) is 63.9 Å². The van der Waals surface area contributed by atoms with Crippen LogP contribution >= 0.6 is 23.2 Å².